The fourth-order valence-electron chi connectivity index (χ4n) is 2.09. The molecule has 2 rings (SSSR count). The summed E-state index contributed by atoms with van der Waals surface area (Å²) in [6.45, 7) is 3.61. The monoisotopic (exact) mass is 384 g/mol. The summed E-state index contributed by atoms with van der Waals surface area (Å²) in [5.74, 6) is -0.909. The van der Waals surface area contributed by atoms with Crippen LogP contribution in [-0.4, -0.2) is 27.5 Å². The van der Waals surface area contributed by atoms with Crippen LogP contribution in [0, 0.1) is 5.82 Å². The summed E-state index contributed by atoms with van der Waals surface area (Å²) >= 11 is 6.11. The number of amides is 1. The van der Waals surface area contributed by atoms with E-state index in [0.717, 1.165) is 0 Å². The minimum atomic E-state index is -1.47. The first kappa shape index (κ1) is 19.3. The number of carbonyl (C=O) groups is 1. The molecule has 25 heavy (non-hydrogen) atoms. The molecule has 1 aromatic heterocycles. The molecule has 1 aromatic carbocycles. The first-order valence-corrected chi connectivity index (χ1v) is 9.10. The van der Waals surface area contributed by atoms with Gasteiger partial charge in [0.15, 0.2) is 11.6 Å². The number of nitrogens with one attached hydrogen (secondary N) is 1. The smallest absolute Gasteiger partial charge is 0.255 e. The van der Waals surface area contributed by atoms with Gasteiger partial charge in [-0.3, -0.25) is 9.00 Å². The van der Waals surface area contributed by atoms with Crippen LogP contribution in [0.4, 0.5) is 4.39 Å². The van der Waals surface area contributed by atoms with E-state index in [1.807, 2.05) is 0 Å². The zero-order chi connectivity index (χ0) is 18.6. The molecule has 1 N–H and O–H groups in total. The van der Waals surface area contributed by atoms with Crippen molar-refractivity contribution in [3.05, 3.63) is 52.4 Å². The van der Waals surface area contributed by atoms with Crippen LogP contribution in [-0.2, 0) is 17.3 Å². The Labute approximate surface area is 153 Å². The van der Waals surface area contributed by atoms with E-state index >= 15 is 0 Å². The summed E-state index contributed by atoms with van der Waals surface area (Å²) in [7, 11) is -0.0909. The van der Waals surface area contributed by atoms with E-state index in [-0.39, 0.29) is 33.2 Å². The van der Waals surface area contributed by atoms with Gasteiger partial charge in [0.25, 0.3) is 5.91 Å². The number of hydrogen-bond donors (Lipinski definition) is 1. The van der Waals surface area contributed by atoms with Crippen molar-refractivity contribution in [1.29, 1.82) is 0 Å². The minimum Gasteiger partial charge on any atom is -0.494 e. The molecule has 1 unspecified atom stereocenters. The second-order valence-electron chi connectivity index (χ2n) is 5.47. The van der Waals surface area contributed by atoms with E-state index < -0.39 is 22.5 Å². The second kappa shape index (κ2) is 8.40. The van der Waals surface area contributed by atoms with E-state index in [1.165, 1.54) is 31.5 Å². The number of carbonyl (C=O) groups excluding carboxylic acids is 1. The van der Waals surface area contributed by atoms with Crippen molar-refractivity contribution in [3.8, 4) is 5.75 Å². The van der Waals surface area contributed by atoms with Gasteiger partial charge in [0.1, 0.15) is 5.03 Å². The number of methoxy groups -OCH3 is 1. The Bertz CT molecular complexity index is 814. The quantitative estimate of drug-likeness (QED) is 0.829. The second-order valence-corrected chi connectivity index (χ2v) is 7.80. The van der Waals surface area contributed by atoms with Crippen LogP contribution in [0.25, 0.3) is 0 Å². The highest BCUT2D eigenvalue weighted by molar-refractivity contribution is 7.85. The number of benzene rings is 1. The molecule has 1 amide bonds. The first-order valence-electron chi connectivity index (χ1n) is 7.50. The zero-order valence-corrected chi connectivity index (χ0v) is 15.6. The first-order chi connectivity index (χ1) is 11.8. The molecular formula is C17H18ClFN2O3S. The molecule has 1 heterocycles. The highest BCUT2D eigenvalue weighted by Gasteiger charge is 2.22. The average molecular weight is 385 g/mol. The van der Waals surface area contributed by atoms with Crippen LogP contribution in [0.5, 0.6) is 5.75 Å². The average Bonchev–Trinajstić information content (AvgIpc) is 2.58. The third-order valence-electron chi connectivity index (χ3n) is 3.38. The molecule has 0 fully saturated rings. The van der Waals surface area contributed by atoms with E-state index in [1.54, 1.807) is 19.9 Å². The van der Waals surface area contributed by atoms with Crippen molar-refractivity contribution in [2.75, 3.05) is 7.11 Å². The molecule has 134 valence electrons. The SMILES string of the molecule is COc1ccc(CNC(=O)c2c(Cl)ccnc2S(=O)C(C)C)cc1F. The number of aromatic nitrogens is 1. The van der Waals surface area contributed by atoms with Gasteiger partial charge >= 0.3 is 0 Å². The third-order valence-corrected chi connectivity index (χ3v) is 5.24. The lowest BCUT2D eigenvalue weighted by atomic mass is 10.2. The van der Waals surface area contributed by atoms with Crippen molar-refractivity contribution >= 4 is 28.3 Å². The lowest BCUT2D eigenvalue weighted by Gasteiger charge is -2.12. The largest absolute Gasteiger partial charge is 0.494 e. The van der Waals surface area contributed by atoms with Crippen molar-refractivity contribution in [2.24, 2.45) is 0 Å². The Morgan fingerprint density at radius 2 is 2.12 bits per heavy atom. The summed E-state index contributed by atoms with van der Waals surface area (Å²) in [5.41, 5.74) is 0.628. The zero-order valence-electron chi connectivity index (χ0n) is 14.0. The lowest BCUT2D eigenvalue weighted by Crippen LogP contribution is -2.26. The molecule has 0 spiro atoms. The van der Waals surface area contributed by atoms with Crippen LogP contribution in [0.1, 0.15) is 29.8 Å². The molecule has 5 nitrogen and oxygen atoms in total. The van der Waals surface area contributed by atoms with Crippen LogP contribution in [0.15, 0.2) is 35.5 Å². The fraction of sp³-hybridized carbons (Fsp3) is 0.294. The fourth-order valence-corrected chi connectivity index (χ4v) is 3.40. The van der Waals surface area contributed by atoms with E-state index in [9.17, 15) is 13.4 Å². The summed E-state index contributed by atoms with van der Waals surface area (Å²) in [4.78, 5) is 16.6. The van der Waals surface area contributed by atoms with Crippen LogP contribution < -0.4 is 10.1 Å². The lowest BCUT2D eigenvalue weighted by molar-refractivity contribution is 0.0947. The summed E-state index contributed by atoms with van der Waals surface area (Å²) in [6.07, 6.45) is 1.41. The van der Waals surface area contributed by atoms with Crippen LogP contribution in [0.2, 0.25) is 5.02 Å². The molecule has 1 atom stereocenters. The molecule has 0 aliphatic carbocycles. The Hall–Kier alpha value is -1.99. The number of rotatable bonds is 6. The highest BCUT2D eigenvalue weighted by atomic mass is 35.5. The van der Waals surface area contributed by atoms with Crippen LogP contribution in [0.3, 0.4) is 0 Å². The van der Waals surface area contributed by atoms with Crippen molar-refractivity contribution in [1.82, 2.24) is 10.3 Å². The molecule has 0 saturated carbocycles. The molecule has 0 bridgehead atoms. The highest BCUT2D eigenvalue weighted by Crippen LogP contribution is 2.23. The minimum absolute atomic E-state index is 0.0742. The normalized spacial score (nSPS) is 12.1. The van der Waals surface area contributed by atoms with E-state index in [2.05, 4.69) is 10.3 Å². The maximum Gasteiger partial charge on any atom is 0.255 e. The Morgan fingerprint density at radius 3 is 2.72 bits per heavy atom. The molecule has 0 aliphatic heterocycles. The maximum absolute atomic E-state index is 13.7. The van der Waals surface area contributed by atoms with Crippen LogP contribution >= 0.6 is 11.6 Å². The van der Waals surface area contributed by atoms with Gasteiger partial charge in [-0.25, -0.2) is 9.37 Å². The van der Waals surface area contributed by atoms with E-state index in [0.29, 0.717) is 5.56 Å². The van der Waals surface area contributed by atoms with Gasteiger partial charge in [-0.2, -0.15) is 0 Å². The van der Waals surface area contributed by atoms with Crippen molar-refractivity contribution in [2.45, 2.75) is 30.7 Å². The summed E-state index contributed by atoms with van der Waals surface area (Å²) in [6, 6.07) is 5.86. The Morgan fingerprint density at radius 1 is 1.40 bits per heavy atom. The van der Waals surface area contributed by atoms with Gasteiger partial charge < -0.3 is 10.1 Å². The topological polar surface area (TPSA) is 68.3 Å². The number of pyridine rings is 1. The Kier molecular flexibility index (Phi) is 6.50. The molecule has 0 aliphatic rings. The van der Waals surface area contributed by atoms with Gasteiger partial charge in [0.2, 0.25) is 0 Å². The number of ether oxygens (including phenoxy) is 1. The summed E-state index contributed by atoms with van der Waals surface area (Å²) < 4.78 is 30.9. The molecule has 0 saturated heterocycles. The maximum atomic E-state index is 13.7. The molecule has 0 radical (unpaired) electrons. The predicted octanol–water partition coefficient (Wildman–Crippen LogP) is 3.33. The van der Waals surface area contributed by atoms with Gasteiger partial charge in [-0.05, 0) is 23.8 Å². The summed E-state index contributed by atoms with van der Waals surface area (Å²) in [5, 5.41) is 2.74. The Balaban J connectivity index is 2.21. The molecule has 2 aromatic rings. The molecular weight excluding hydrogens is 367 g/mol. The van der Waals surface area contributed by atoms with Gasteiger partial charge in [-0.1, -0.05) is 31.5 Å². The predicted molar refractivity (Wildman–Crippen MR) is 94.9 cm³/mol. The number of hydrogen-bond acceptors (Lipinski definition) is 4. The van der Waals surface area contributed by atoms with Crippen molar-refractivity contribution < 1.29 is 18.1 Å². The van der Waals surface area contributed by atoms with Gasteiger partial charge in [0.05, 0.1) is 28.5 Å². The molecule has 8 heteroatoms. The standard InChI is InChI=1S/C17H18ClFN2O3S/c1-10(2)25(23)17-15(12(18)6-7-20-17)16(22)21-9-11-4-5-14(24-3)13(19)8-11/h4-8,10H,9H2,1-3H3,(H,21,22). The van der Waals surface area contributed by atoms with E-state index in [4.69, 9.17) is 16.3 Å². The third kappa shape index (κ3) is 4.55. The number of halogens is 2. The van der Waals surface area contributed by atoms with Gasteiger partial charge in [0, 0.05) is 18.0 Å². The van der Waals surface area contributed by atoms with Crippen molar-refractivity contribution in [3.63, 3.8) is 0 Å². The number of nitrogens with zero attached hydrogens (tertiary/aromatic N) is 1. The van der Waals surface area contributed by atoms with Gasteiger partial charge in [-0.15, -0.1) is 0 Å².